The van der Waals surface area contributed by atoms with Crippen molar-refractivity contribution in [2.45, 2.75) is 45.3 Å². The van der Waals surface area contributed by atoms with Crippen LogP contribution in [0.2, 0.25) is 5.02 Å². The summed E-state index contributed by atoms with van der Waals surface area (Å²) in [6.07, 6.45) is 6.15. The maximum atomic E-state index is 13.5. The summed E-state index contributed by atoms with van der Waals surface area (Å²) >= 11 is 7.44. The summed E-state index contributed by atoms with van der Waals surface area (Å²) in [7, 11) is 0. The Morgan fingerprint density at radius 1 is 1.33 bits per heavy atom. The first-order valence-corrected chi connectivity index (χ1v) is 12.2. The van der Waals surface area contributed by atoms with Crippen molar-refractivity contribution in [3.8, 4) is 0 Å². The van der Waals surface area contributed by atoms with E-state index in [0.717, 1.165) is 27.8 Å². The molecule has 0 saturated carbocycles. The topological polar surface area (TPSA) is 92.4 Å². The predicted molar refractivity (Wildman–Crippen MR) is 133 cm³/mol. The first kappa shape index (κ1) is 23.2. The van der Waals surface area contributed by atoms with Crippen LogP contribution >= 0.6 is 22.9 Å². The van der Waals surface area contributed by atoms with E-state index < -0.39 is 6.04 Å². The molecule has 2 N–H and O–H groups in total. The average Bonchev–Trinajstić information content (AvgIpc) is 3.22. The molecule has 3 aromatic rings. The van der Waals surface area contributed by atoms with Gasteiger partial charge in [-0.05, 0) is 43.2 Å². The highest BCUT2D eigenvalue weighted by Gasteiger charge is 2.39. The molecule has 1 fully saturated rings. The second-order valence-electron chi connectivity index (χ2n) is 8.22. The number of carbonyl (C=O) groups is 2. The van der Waals surface area contributed by atoms with Crippen LogP contribution in [-0.2, 0) is 16.1 Å². The lowest BCUT2D eigenvalue weighted by atomic mass is 10.0. The molecule has 0 bridgehead atoms. The number of halogens is 1. The van der Waals surface area contributed by atoms with Crippen molar-refractivity contribution < 1.29 is 9.59 Å². The summed E-state index contributed by atoms with van der Waals surface area (Å²) in [6.45, 7) is 4.93. The van der Waals surface area contributed by atoms with Crippen molar-refractivity contribution in [3.05, 3.63) is 57.5 Å². The zero-order valence-electron chi connectivity index (χ0n) is 18.6. The Kier molecular flexibility index (Phi) is 6.95. The minimum Gasteiger partial charge on any atom is -0.383 e. The van der Waals surface area contributed by atoms with Crippen LogP contribution in [0.1, 0.15) is 37.1 Å². The molecule has 0 spiro atoms. The minimum absolute atomic E-state index is 0.0289. The molecule has 0 unspecified atom stereocenters. The Hall–Kier alpha value is -2.97. The number of piperazine rings is 1. The van der Waals surface area contributed by atoms with Crippen molar-refractivity contribution in [1.29, 1.82) is 0 Å². The number of carbonyl (C=O) groups excluding carboxylic acids is 2. The summed E-state index contributed by atoms with van der Waals surface area (Å²) in [5.41, 5.74) is 7.64. The van der Waals surface area contributed by atoms with Crippen molar-refractivity contribution in [3.63, 3.8) is 0 Å². The highest BCUT2D eigenvalue weighted by molar-refractivity contribution is 7.11. The Balaban J connectivity index is 1.53. The van der Waals surface area contributed by atoms with Crippen LogP contribution in [0.3, 0.4) is 0 Å². The number of nitrogens with two attached hydrogens (primary N) is 1. The summed E-state index contributed by atoms with van der Waals surface area (Å²) < 4.78 is 0. The lowest BCUT2D eigenvalue weighted by Gasteiger charge is -2.44. The molecule has 3 heterocycles. The van der Waals surface area contributed by atoms with Crippen LogP contribution in [0.4, 0.5) is 5.82 Å². The smallest absolute Gasteiger partial charge is 0.247 e. The predicted octanol–water partition coefficient (Wildman–Crippen LogP) is 4.37. The number of nitrogen functional groups attached to an aromatic ring is 1. The maximum absolute atomic E-state index is 13.5. The van der Waals surface area contributed by atoms with Gasteiger partial charge in [0.2, 0.25) is 11.8 Å². The molecule has 2 atom stereocenters. The highest BCUT2D eigenvalue weighted by Crippen LogP contribution is 2.26. The van der Waals surface area contributed by atoms with Gasteiger partial charge in [-0.15, -0.1) is 11.3 Å². The van der Waals surface area contributed by atoms with Gasteiger partial charge in [0.1, 0.15) is 18.2 Å². The lowest BCUT2D eigenvalue weighted by molar-refractivity contribution is -0.153. The summed E-state index contributed by atoms with van der Waals surface area (Å²) in [5, 5.41) is 3.26. The van der Waals surface area contributed by atoms with Gasteiger partial charge in [-0.25, -0.2) is 9.97 Å². The molecule has 1 aromatic carbocycles. The van der Waals surface area contributed by atoms with E-state index in [9.17, 15) is 9.59 Å². The molecule has 7 nitrogen and oxygen atoms in total. The first-order chi connectivity index (χ1) is 15.9. The summed E-state index contributed by atoms with van der Waals surface area (Å²) in [6, 6.07) is 6.99. The van der Waals surface area contributed by atoms with Gasteiger partial charge in [0.25, 0.3) is 0 Å². The van der Waals surface area contributed by atoms with E-state index >= 15 is 0 Å². The second kappa shape index (κ2) is 9.89. The van der Waals surface area contributed by atoms with Crippen LogP contribution in [0, 0.1) is 0 Å². The third-order valence-corrected chi connectivity index (χ3v) is 7.09. The molecular weight excluding hydrogens is 458 g/mol. The van der Waals surface area contributed by atoms with Crippen LogP contribution in [0.25, 0.3) is 17.0 Å². The van der Waals surface area contributed by atoms with Crippen LogP contribution in [0.5, 0.6) is 0 Å². The zero-order valence-corrected chi connectivity index (χ0v) is 20.1. The molecule has 2 aromatic heterocycles. The van der Waals surface area contributed by atoms with E-state index in [-0.39, 0.29) is 17.9 Å². The molecule has 33 heavy (non-hydrogen) atoms. The van der Waals surface area contributed by atoms with Gasteiger partial charge in [0, 0.05) is 40.9 Å². The fraction of sp³-hybridized carbons (Fsp3) is 0.333. The van der Waals surface area contributed by atoms with Gasteiger partial charge >= 0.3 is 0 Å². The van der Waals surface area contributed by atoms with Crippen molar-refractivity contribution in [2.24, 2.45) is 0 Å². The molecule has 0 aliphatic carbocycles. The Labute approximate surface area is 201 Å². The number of rotatable bonds is 6. The van der Waals surface area contributed by atoms with Crippen LogP contribution < -0.4 is 5.73 Å². The number of thiophene rings is 1. The van der Waals surface area contributed by atoms with Gasteiger partial charge in [0.15, 0.2) is 0 Å². The van der Waals surface area contributed by atoms with E-state index in [1.54, 1.807) is 11.0 Å². The molecule has 9 heteroatoms. The van der Waals surface area contributed by atoms with E-state index in [2.05, 4.69) is 9.97 Å². The number of benzene rings is 1. The number of hydrogen-bond acceptors (Lipinski definition) is 6. The largest absolute Gasteiger partial charge is 0.383 e. The van der Waals surface area contributed by atoms with E-state index in [0.29, 0.717) is 30.4 Å². The summed E-state index contributed by atoms with van der Waals surface area (Å²) in [5.74, 6) is 0.249. The second-order valence-corrected chi connectivity index (χ2v) is 9.60. The molecule has 1 saturated heterocycles. The molecule has 1 aliphatic heterocycles. The average molecular weight is 484 g/mol. The number of fused-ring (bicyclic) bond motifs is 1. The van der Waals surface area contributed by atoms with Crippen LogP contribution in [-0.4, -0.2) is 50.2 Å². The SMILES string of the molecule is CCC[C@H]1C(=O)N(Cc2ccc3c(N)ncnc3c2)[C@@H](C)CN1C(=O)C=Cc1cc(Cl)cs1. The fourth-order valence-corrected chi connectivity index (χ4v) is 5.14. The van der Waals surface area contributed by atoms with E-state index in [1.165, 1.54) is 23.7 Å². The highest BCUT2D eigenvalue weighted by atomic mass is 35.5. The third kappa shape index (κ3) is 5.02. The Bertz CT molecular complexity index is 1210. The quantitative estimate of drug-likeness (QED) is 0.525. The van der Waals surface area contributed by atoms with Gasteiger partial charge in [-0.1, -0.05) is 31.0 Å². The monoisotopic (exact) mass is 483 g/mol. The van der Waals surface area contributed by atoms with E-state index in [4.69, 9.17) is 17.3 Å². The normalized spacial score (nSPS) is 19.1. The molecule has 2 amide bonds. The first-order valence-electron chi connectivity index (χ1n) is 10.9. The maximum Gasteiger partial charge on any atom is 0.247 e. The van der Waals surface area contributed by atoms with E-state index in [1.807, 2.05) is 48.4 Å². The number of aromatic nitrogens is 2. The Morgan fingerprint density at radius 3 is 2.88 bits per heavy atom. The number of anilines is 1. The molecule has 0 radical (unpaired) electrons. The number of amides is 2. The standard InChI is InChI=1S/C24H26ClN5O2S/c1-3-4-21-24(32)29(12-16-5-7-19-20(9-16)27-14-28-23(19)26)15(2)11-30(21)22(31)8-6-18-10-17(25)13-33-18/h5-10,13-15,21H,3-4,11-12H2,1-2H3,(H2,26,27,28)/t15-,21-/m0/s1. The number of nitrogens with zero attached hydrogens (tertiary/aromatic N) is 4. The Morgan fingerprint density at radius 2 is 2.15 bits per heavy atom. The molecule has 4 rings (SSSR count). The summed E-state index contributed by atoms with van der Waals surface area (Å²) in [4.78, 5) is 39.3. The molecule has 172 valence electrons. The van der Waals surface area contributed by atoms with Gasteiger partial charge in [-0.2, -0.15) is 0 Å². The fourth-order valence-electron chi connectivity index (χ4n) is 4.17. The van der Waals surface area contributed by atoms with Crippen LogP contribution in [0.15, 0.2) is 42.0 Å². The third-order valence-electron chi connectivity index (χ3n) is 5.85. The van der Waals surface area contributed by atoms with Crippen molar-refractivity contribution in [1.82, 2.24) is 19.8 Å². The molecular formula is C24H26ClN5O2S. The van der Waals surface area contributed by atoms with Gasteiger partial charge in [-0.3, -0.25) is 9.59 Å². The van der Waals surface area contributed by atoms with Crippen molar-refractivity contribution in [2.75, 3.05) is 12.3 Å². The zero-order chi connectivity index (χ0) is 23.5. The minimum atomic E-state index is -0.478. The molecule has 1 aliphatic rings. The lowest BCUT2D eigenvalue weighted by Crippen LogP contribution is -2.61. The van der Waals surface area contributed by atoms with Gasteiger partial charge in [0.05, 0.1) is 10.5 Å². The van der Waals surface area contributed by atoms with Gasteiger partial charge < -0.3 is 15.5 Å². The van der Waals surface area contributed by atoms with Crippen molar-refractivity contribution >= 4 is 57.5 Å². The number of hydrogen-bond donors (Lipinski definition) is 1.